The maximum Gasteiger partial charge on any atom is 0.269 e. The lowest BCUT2D eigenvalue weighted by atomic mass is 10.1. The first-order valence-corrected chi connectivity index (χ1v) is 8.47. The molecule has 29 heavy (non-hydrogen) atoms. The molecule has 0 aliphatic heterocycles. The van der Waals surface area contributed by atoms with Gasteiger partial charge in [0.25, 0.3) is 5.69 Å². The van der Waals surface area contributed by atoms with Gasteiger partial charge >= 0.3 is 0 Å². The molecule has 0 radical (unpaired) electrons. The van der Waals surface area contributed by atoms with Crippen molar-refractivity contribution in [2.24, 2.45) is 0 Å². The summed E-state index contributed by atoms with van der Waals surface area (Å²) in [6, 6.07) is 9.81. The molecule has 146 valence electrons. The summed E-state index contributed by atoms with van der Waals surface area (Å²) in [5.41, 5.74) is 1.83. The summed E-state index contributed by atoms with van der Waals surface area (Å²) < 4.78 is 12.2. The van der Waals surface area contributed by atoms with Gasteiger partial charge in [0.1, 0.15) is 12.0 Å². The summed E-state index contributed by atoms with van der Waals surface area (Å²) in [6.45, 7) is 0.239. The first-order valence-electron chi connectivity index (χ1n) is 8.47. The van der Waals surface area contributed by atoms with Gasteiger partial charge in [-0.05, 0) is 22.1 Å². The highest BCUT2D eigenvalue weighted by molar-refractivity contribution is 5.92. The summed E-state index contributed by atoms with van der Waals surface area (Å²) in [6.07, 6.45) is 1.41. The van der Waals surface area contributed by atoms with E-state index in [1.165, 1.54) is 23.1 Å². The normalized spacial score (nSPS) is 10.8. The molecule has 11 nitrogen and oxygen atoms in total. The Morgan fingerprint density at radius 2 is 1.90 bits per heavy atom. The minimum absolute atomic E-state index is 0.00133. The fourth-order valence-electron chi connectivity index (χ4n) is 2.98. The smallest absolute Gasteiger partial charge is 0.269 e. The van der Waals surface area contributed by atoms with Crippen LogP contribution in [0.15, 0.2) is 42.7 Å². The van der Waals surface area contributed by atoms with E-state index >= 15 is 0 Å². The number of tetrazole rings is 1. The summed E-state index contributed by atoms with van der Waals surface area (Å²) in [7, 11) is 3.09. The van der Waals surface area contributed by atoms with Crippen molar-refractivity contribution in [1.29, 1.82) is 0 Å². The number of hydrogen-bond donors (Lipinski definition) is 0. The highest BCUT2D eigenvalue weighted by atomic mass is 16.6. The number of aromatic nitrogens is 6. The Hall–Kier alpha value is -4.15. The van der Waals surface area contributed by atoms with Gasteiger partial charge in [0.15, 0.2) is 11.5 Å². The van der Waals surface area contributed by atoms with Crippen LogP contribution < -0.4 is 9.47 Å². The standard InChI is InChI=1S/C18H15N7O4/c1-28-15-7-13-14(8-16(15)29-2)19-10-20-17(13)18-21-22-23-24(18)9-11-4-3-5-12(6-11)25(26)27/h3-8,10H,9H2,1-2H3. The maximum absolute atomic E-state index is 11.0. The molecule has 0 saturated carbocycles. The molecule has 0 aliphatic rings. The molecule has 0 N–H and O–H groups in total. The number of ether oxygens (including phenoxy) is 2. The van der Waals surface area contributed by atoms with Crippen LogP contribution in [0.5, 0.6) is 11.5 Å². The van der Waals surface area contributed by atoms with E-state index in [2.05, 4.69) is 25.5 Å². The molecule has 0 bridgehead atoms. The zero-order chi connectivity index (χ0) is 20.4. The second-order valence-electron chi connectivity index (χ2n) is 6.03. The fraction of sp³-hybridized carbons (Fsp3) is 0.167. The molecular weight excluding hydrogens is 378 g/mol. The topological polar surface area (TPSA) is 131 Å². The predicted molar refractivity (Wildman–Crippen MR) is 102 cm³/mol. The van der Waals surface area contributed by atoms with Gasteiger partial charge < -0.3 is 9.47 Å². The number of non-ortho nitro benzene ring substituents is 1. The van der Waals surface area contributed by atoms with E-state index in [0.717, 1.165) is 0 Å². The molecule has 0 aliphatic carbocycles. The highest BCUT2D eigenvalue weighted by Crippen LogP contribution is 2.34. The number of rotatable bonds is 6. The number of fused-ring (bicyclic) bond motifs is 1. The second kappa shape index (κ2) is 7.46. The van der Waals surface area contributed by atoms with E-state index < -0.39 is 4.92 Å². The van der Waals surface area contributed by atoms with Crippen LogP contribution in [0.4, 0.5) is 5.69 Å². The van der Waals surface area contributed by atoms with Gasteiger partial charge in [0.05, 0.1) is 31.2 Å². The number of methoxy groups -OCH3 is 2. The highest BCUT2D eigenvalue weighted by Gasteiger charge is 2.18. The molecule has 0 fully saturated rings. The molecule has 4 aromatic rings. The second-order valence-corrected chi connectivity index (χ2v) is 6.03. The molecule has 2 aromatic heterocycles. The Bertz CT molecular complexity index is 1210. The minimum atomic E-state index is -0.443. The molecule has 0 unspecified atom stereocenters. The van der Waals surface area contributed by atoms with Gasteiger partial charge in [-0.25, -0.2) is 14.6 Å². The predicted octanol–water partition coefficient (Wildman–Crippen LogP) is 2.26. The summed E-state index contributed by atoms with van der Waals surface area (Å²) >= 11 is 0. The van der Waals surface area contributed by atoms with E-state index in [4.69, 9.17) is 9.47 Å². The third-order valence-electron chi connectivity index (χ3n) is 4.34. The number of nitro groups is 1. The van der Waals surface area contributed by atoms with Gasteiger partial charge in [0, 0.05) is 23.6 Å². The maximum atomic E-state index is 11.0. The average Bonchev–Trinajstić information content (AvgIpc) is 3.20. The van der Waals surface area contributed by atoms with Crippen LogP contribution in [-0.2, 0) is 6.54 Å². The van der Waals surface area contributed by atoms with Crippen LogP contribution in [0, 0.1) is 10.1 Å². The molecule has 0 spiro atoms. The van der Waals surface area contributed by atoms with Crippen molar-refractivity contribution in [3.8, 4) is 23.0 Å². The Morgan fingerprint density at radius 1 is 1.10 bits per heavy atom. The fourth-order valence-corrected chi connectivity index (χ4v) is 2.98. The lowest BCUT2D eigenvalue weighted by molar-refractivity contribution is -0.384. The van der Waals surface area contributed by atoms with Crippen LogP contribution in [0.25, 0.3) is 22.4 Å². The van der Waals surface area contributed by atoms with Crippen molar-refractivity contribution in [1.82, 2.24) is 30.2 Å². The van der Waals surface area contributed by atoms with Crippen LogP contribution in [0.3, 0.4) is 0 Å². The van der Waals surface area contributed by atoms with Gasteiger partial charge in [0.2, 0.25) is 5.82 Å². The molecule has 0 atom stereocenters. The number of hydrogen-bond acceptors (Lipinski definition) is 9. The summed E-state index contributed by atoms with van der Waals surface area (Å²) in [4.78, 5) is 19.2. The van der Waals surface area contributed by atoms with Crippen molar-refractivity contribution in [3.63, 3.8) is 0 Å². The van der Waals surface area contributed by atoms with Crippen LogP contribution in [0.1, 0.15) is 5.56 Å². The third-order valence-corrected chi connectivity index (χ3v) is 4.34. The van der Waals surface area contributed by atoms with Crippen molar-refractivity contribution in [2.75, 3.05) is 14.2 Å². The van der Waals surface area contributed by atoms with Crippen molar-refractivity contribution in [2.45, 2.75) is 6.54 Å². The largest absolute Gasteiger partial charge is 0.493 e. The van der Waals surface area contributed by atoms with Gasteiger partial charge in [-0.1, -0.05) is 12.1 Å². The van der Waals surface area contributed by atoms with E-state index in [1.54, 1.807) is 38.5 Å². The van der Waals surface area contributed by atoms with Gasteiger partial charge in [-0.15, -0.1) is 5.10 Å². The molecule has 2 heterocycles. The van der Waals surface area contributed by atoms with Gasteiger partial charge in [-0.3, -0.25) is 10.1 Å². The van der Waals surface area contributed by atoms with E-state index in [9.17, 15) is 10.1 Å². The zero-order valence-corrected chi connectivity index (χ0v) is 15.5. The SMILES string of the molecule is COc1cc2ncnc(-c3nnnn3Cc3cccc([N+](=O)[O-])c3)c2cc1OC. The van der Waals surface area contributed by atoms with E-state index in [0.29, 0.717) is 39.5 Å². The number of nitrogens with zero attached hydrogens (tertiary/aromatic N) is 7. The first-order chi connectivity index (χ1) is 14.1. The number of nitro benzene ring substituents is 1. The molecular formula is C18H15N7O4. The Morgan fingerprint density at radius 3 is 2.66 bits per heavy atom. The Kier molecular flexibility index (Phi) is 4.69. The average molecular weight is 393 g/mol. The molecule has 2 aromatic carbocycles. The molecule has 4 rings (SSSR count). The number of benzene rings is 2. The Balaban J connectivity index is 1.79. The van der Waals surface area contributed by atoms with Crippen LogP contribution in [0.2, 0.25) is 0 Å². The quantitative estimate of drug-likeness (QED) is 0.357. The molecule has 0 amide bonds. The van der Waals surface area contributed by atoms with E-state index in [1.807, 2.05) is 0 Å². The monoisotopic (exact) mass is 393 g/mol. The molecule has 0 saturated heterocycles. The summed E-state index contributed by atoms with van der Waals surface area (Å²) in [5, 5.41) is 23.6. The van der Waals surface area contributed by atoms with Crippen molar-refractivity contribution >= 4 is 16.6 Å². The Labute approximate surface area is 164 Å². The van der Waals surface area contributed by atoms with Gasteiger partial charge in [-0.2, -0.15) is 0 Å². The lowest BCUT2D eigenvalue weighted by Gasteiger charge is -2.11. The zero-order valence-electron chi connectivity index (χ0n) is 15.5. The van der Waals surface area contributed by atoms with Crippen molar-refractivity contribution < 1.29 is 14.4 Å². The van der Waals surface area contributed by atoms with Crippen LogP contribution in [-0.4, -0.2) is 49.3 Å². The first kappa shape index (κ1) is 18.2. The van der Waals surface area contributed by atoms with Crippen molar-refractivity contribution in [3.05, 3.63) is 58.4 Å². The lowest BCUT2D eigenvalue weighted by Crippen LogP contribution is -2.06. The minimum Gasteiger partial charge on any atom is -0.493 e. The molecule has 11 heteroatoms. The van der Waals surface area contributed by atoms with E-state index in [-0.39, 0.29) is 12.2 Å². The third kappa shape index (κ3) is 3.40. The van der Waals surface area contributed by atoms with Crippen LogP contribution >= 0.6 is 0 Å². The summed E-state index contributed by atoms with van der Waals surface area (Å²) in [5.74, 6) is 1.46.